The van der Waals surface area contributed by atoms with E-state index in [2.05, 4.69) is 17.2 Å². The van der Waals surface area contributed by atoms with Gasteiger partial charge in [-0.15, -0.1) is 0 Å². The number of hydrogen-bond donors (Lipinski definition) is 0. The number of furan rings is 1. The zero-order chi connectivity index (χ0) is 23.2. The van der Waals surface area contributed by atoms with E-state index >= 15 is 0 Å². The highest BCUT2D eigenvalue weighted by atomic mass is 16.3. The number of aromatic nitrogens is 2. The van der Waals surface area contributed by atoms with E-state index in [0.717, 1.165) is 38.1 Å². The summed E-state index contributed by atoms with van der Waals surface area (Å²) in [5, 5.41) is 4.31. The standard InChI is InChI=1S/C26H32N4O3/c1-28-15-14-23(27-28)26(32)29(2)24(19-20-7-4-3-5-8-20)21-12-16-30(17-13-21)25(31)11-10-22-9-6-18-33-22/h3-9,14-15,18,21,24H,10-13,16-17,19H2,1-2H3/t24-/m1/s1. The van der Waals surface area contributed by atoms with Gasteiger partial charge >= 0.3 is 0 Å². The first-order valence-corrected chi connectivity index (χ1v) is 11.6. The highest BCUT2D eigenvalue weighted by Crippen LogP contribution is 2.27. The van der Waals surface area contributed by atoms with Crippen molar-refractivity contribution in [3.8, 4) is 0 Å². The molecule has 1 aliphatic rings. The quantitative estimate of drug-likeness (QED) is 0.528. The Morgan fingerprint density at radius 3 is 2.52 bits per heavy atom. The van der Waals surface area contributed by atoms with Crippen molar-refractivity contribution in [2.24, 2.45) is 13.0 Å². The molecule has 1 atom stereocenters. The Morgan fingerprint density at radius 2 is 1.88 bits per heavy atom. The van der Waals surface area contributed by atoms with Crippen LogP contribution in [0.4, 0.5) is 0 Å². The Labute approximate surface area is 195 Å². The van der Waals surface area contributed by atoms with Crippen LogP contribution in [0.2, 0.25) is 0 Å². The van der Waals surface area contributed by atoms with Gasteiger partial charge in [-0.25, -0.2) is 0 Å². The first-order chi connectivity index (χ1) is 16.0. The topological polar surface area (TPSA) is 71.6 Å². The number of rotatable bonds is 8. The van der Waals surface area contributed by atoms with Crippen LogP contribution in [0.25, 0.3) is 0 Å². The van der Waals surface area contributed by atoms with E-state index in [-0.39, 0.29) is 17.9 Å². The van der Waals surface area contributed by atoms with E-state index in [1.165, 1.54) is 5.56 Å². The first-order valence-electron chi connectivity index (χ1n) is 11.6. The van der Waals surface area contributed by atoms with Crippen LogP contribution < -0.4 is 0 Å². The number of likely N-dealkylation sites (tertiary alicyclic amines) is 1. The van der Waals surface area contributed by atoms with Crippen LogP contribution in [0, 0.1) is 5.92 Å². The van der Waals surface area contributed by atoms with Gasteiger partial charge < -0.3 is 14.2 Å². The summed E-state index contributed by atoms with van der Waals surface area (Å²) in [6, 6.07) is 15.9. The maximum atomic E-state index is 13.2. The zero-order valence-corrected chi connectivity index (χ0v) is 19.4. The molecule has 0 saturated carbocycles. The second-order valence-electron chi connectivity index (χ2n) is 8.85. The summed E-state index contributed by atoms with van der Waals surface area (Å²) in [6.07, 6.45) is 7.06. The van der Waals surface area contributed by atoms with Gasteiger partial charge in [-0.05, 0) is 48.9 Å². The number of piperidine rings is 1. The van der Waals surface area contributed by atoms with E-state index in [9.17, 15) is 9.59 Å². The van der Waals surface area contributed by atoms with E-state index in [0.29, 0.717) is 24.5 Å². The lowest BCUT2D eigenvalue weighted by atomic mass is 9.84. The first kappa shape index (κ1) is 22.8. The van der Waals surface area contributed by atoms with Gasteiger partial charge in [-0.3, -0.25) is 14.3 Å². The lowest BCUT2D eigenvalue weighted by molar-refractivity contribution is -0.132. The zero-order valence-electron chi connectivity index (χ0n) is 19.4. The van der Waals surface area contributed by atoms with Crippen LogP contribution in [0.3, 0.4) is 0 Å². The molecule has 33 heavy (non-hydrogen) atoms. The van der Waals surface area contributed by atoms with Gasteiger partial charge in [0.25, 0.3) is 5.91 Å². The molecule has 1 aliphatic heterocycles. The third-order valence-corrected chi connectivity index (χ3v) is 6.64. The molecular formula is C26H32N4O3. The smallest absolute Gasteiger partial charge is 0.274 e. The van der Waals surface area contributed by atoms with Gasteiger partial charge in [-0.2, -0.15) is 5.10 Å². The molecule has 0 radical (unpaired) electrons. The van der Waals surface area contributed by atoms with Crippen molar-refractivity contribution < 1.29 is 14.0 Å². The number of likely N-dealkylation sites (N-methyl/N-ethyl adjacent to an activating group) is 1. The van der Waals surface area contributed by atoms with E-state index < -0.39 is 0 Å². The Balaban J connectivity index is 1.41. The monoisotopic (exact) mass is 448 g/mol. The minimum Gasteiger partial charge on any atom is -0.469 e. The lowest BCUT2D eigenvalue weighted by Crippen LogP contribution is -2.48. The molecule has 1 aromatic carbocycles. The van der Waals surface area contributed by atoms with E-state index in [1.54, 1.807) is 23.2 Å². The molecule has 0 unspecified atom stereocenters. The molecular weight excluding hydrogens is 416 g/mol. The Morgan fingerprint density at radius 1 is 1.12 bits per heavy atom. The van der Waals surface area contributed by atoms with Crippen LogP contribution in [-0.4, -0.2) is 57.6 Å². The van der Waals surface area contributed by atoms with Gasteiger partial charge in [0.1, 0.15) is 11.5 Å². The van der Waals surface area contributed by atoms with Gasteiger partial charge in [0, 0.05) is 52.3 Å². The highest BCUT2D eigenvalue weighted by Gasteiger charge is 2.33. The van der Waals surface area contributed by atoms with Crippen LogP contribution in [-0.2, 0) is 24.7 Å². The van der Waals surface area contributed by atoms with Gasteiger partial charge in [0.05, 0.1) is 6.26 Å². The Hall–Kier alpha value is -3.35. The molecule has 4 rings (SSSR count). The third-order valence-electron chi connectivity index (χ3n) is 6.64. The maximum absolute atomic E-state index is 13.2. The van der Waals surface area contributed by atoms with Gasteiger partial charge in [0.15, 0.2) is 0 Å². The molecule has 0 spiro atoms. The number of nitrogens with zero attached hydrogens (tertiary/aromatic N) is 4. The molecule has 0 aliphatic carbocycles. The predicted octanol–water partition coefficient (Wildman–Crippen LogP) is 3.57. The molecule has 7 heteroatoms. The molecule has 1 fully saturated rings. The lowest BCUT2D eigenvalue weighted by Gasteiger charge is -2.40. The van der Waals surface area contributed by atoms with Crippen molar-refractivity contribution in [3.05, 3.63) is 78.0 Å². The normalized spacial score (nSPS) is 15.4. The summed E-state index contributed by atoms with van der Waals surface area (Å²) in [5.41, 5.74) is 1.67. The summed E-state index contributed by atoms with van der Waals surface area (Å²) in [5.74, 6) is 1.27. The Bertz CT molecular complexity index is 1040. The highest BCUT2D eigenvalue weighted by molar-refractivity contribution is 5.92. The number of hydrogen-bond acceptors (Lipinski definition) is 4. The fourth-order valence-corrected chi connectivity index (χ4v) is 4.71. The average molecular weight is 449 g/mol. The third kappa shape index (κ3) is 5.72. The van der Waals surface area contributed by atoms with Crippen molar-refractivity contribution in [2.45, 2.75) is 38.1 Å². The molecule has 2 amide bonds. The molecule has 0 bridgehead atoms. The second-order valence-corrected chi connectivity index (χ2v) is 8.85. The molecule has 3 heterocycles. The van der Waals surface area contributed by atoms with Crippen molar-refractivity contribution >= 4 is 11.8 Å². The largest absolute Gasteiger partial charge is 0.469 e. The summed E-state index contributed by atoms with van der Waals surface area (Å²) in [6.45, 7) is 1.44. The summed E-state index contributed by atoms with van der Waals surface area (Å²) >= 11 is 0. The fraction of sp³-hybridized carbons (Fsp3) is 0.423. The minimum atomic E-state index is -0.0616. The molecule has 174 valence electrons. The molecule has 3 aromatic rings. The van der Waals surface area contributed by atoms with Gasteiger partial charge in [-0.1, -0.05) is 30.3 Å². The number of aryl methyl sites for hydroxylation is 2. The van der Waals surface area contributed by atoms with Crippen LogP contribution in [0.5, 0.6) is 0 Å². The number of amides is 2. The number of carbonyl (C=O) groups excluding carboxylic acids is 2. The molecule has 0 N–H and O–H groups in total. The predicted molar refractivity (Wildman–Crippen MR) is 126 cm³/mol. The van der Waals surface area contributed by atoms with Crippen LogP contribution >= 0.6 is 0 Å². The summed E-state index contributed by atoms with van der Waals surface area (Å²) in [7, 11) is 3.70. The van der Waals surface area contributed by atoms with Crippen molar-refractivity contribution in [1.29, 1.82) is 0 Å². The summed E-state index contributed by atoms with van der Waals surface area (Å²) < 4.78 is 7.00. The maximum Gasteiger partial charge on any atom is 0.274 e. The number of carbonyl (C=O) groups is 2. The Kier molecular flexibility index (Phi) is 7.27. The molecule has 2 aromatic heterocycles. The van der Waals surface area contributed by atoms with Crippen molar-refractivity contribution in [2.75, 3.05) is 20.1 Å². The second kappa shape index (κ2) is 10.5. The van der Waals surface area contributed by atoms with E-state index in [1.807, 2.05) is 54.2 Å². The summed E-state index contributed by atoms with van der Waals surface area (Å²) in [4.78, 5) is 29.7. The molecule has 1 saturated heterocycles. The van der Waals surface area contributed by atoms with Gasteiger partial charge in [0.2, 0.25) is 5.91 Å². The van der Waals surface area contributed by atoms with Crippen LogP contribution in [0.1, 0.15) is 41.1 Å². The fourth-order valence-electron chi connectivity index (χ4n) is 4.71. The van der Waals surface area contributed by atoms with E-state index in [4.69, 9.17) is 4.42 Å². The van der Waals surface area contributed by atoms with Crippen molar-refractivity contribution in [1.82, 2.24) is 19.6 Å². The molecule has 7 nitrogen and oxygen atoms in total. The number of benzene rings is 1. The van der Waals surface area contributed by atoms with Crippen molar-refractivity contribution in [3.63, 3.8) is 0 Å². The average Bonchev–Trinajstić information content (AvgIpc) is 3.53. The SMILES string of the molecule is CN(C(=O)c1ccn(C)n1)[C@H](Cc1ccccc1)C1CCN(C(=O)CCc2ccco2)CC1. The minimum absolute atomic E-state index is 0.0438. The van der Waals surface area contributed by atoms with Crippen LogP contribution in [0.15, 0.2) is 65.4 Å².